The van der Waals surface area contributed by atoms with Crippen LogP contribution in [0, 0.1) is 0 Å². The number of aromatic nitrogens is 2. The Morgan fingerprint density at radius 2 is 1.90 bits per heavy atom. The second-order valence-electron chi connectivity index (χ2n) is 4.96. The number of benzene rings is 1. The molecule has 0 radical (unpaired) electrons. The largest absolute Gasteiger partial charge is 0.439 e. The van der Waals surface area contributed by atoms with Crippen molar-refractivity contribution in [2.75, 3.05) is 17.6 Å². The highest BCUT2D eigenvalue weighted by atomic mass is 16.5. The lowest BCUT2D eigenvalue weighted by molar-refractivity contribution is 0.462. The number of rotatable bonds is 6. The van der Waals surface area contributed by atoms with Gasteiger partial charge in [0.05, 0.1) is 0 Å². The van der Waals surface area contributed by atoms with Crippen LogP contribution in [0.4, 0.5) is 11.8 Å². The van der Waals surface area contributed by atoms with Crippen LogP contribution in [0.5, 0.6) is 11.6 Å². The molecule has 5 nitrogen and oxygen atoms in total. The van der Waals surface area contributed by atoms with Gasteiger partial charge in [0.1, 0.15) is 11.6 Å². The lowest BCUT2D eigenvalue weighted by atomic mass is 9.99. The van der Waals surface area contributed by atoms with Crippen molar-refractivity contribution in [3.63, 3.8) is 0 Å². The van der Waals surface area contributed by atoms with Crippen molar-refractivity contribution >= 4 is 11.8 Å². The number of hydrogen-bond acceptors (Lipinski definition) is 5. The van der Waals surface area contributed by atoms with E-state index in [-0.39, 0.29) is 5.95 Å². The van der Waals surface area contributed by atoms with Crippen LogP contribution < -0.4 is 15.8 Å². The molecule has 2 rings (SSSR count). The fourth-order valence-electron chi connectivity index (χ4n) is 1.99. The molecule has 0 aliphatic carbocycles. The molecule has 0 fully saturated rings. The van der Waals surface area contributed by atoms with Gasteiger partial charge in [-0.3, -0.25) is 0 Å². The number of nitrogen functional groups attached to an aromatic ring is 1. The molecule has 1 atom stereocenters. The number of hydrogen-bond donors (Lipinski definition) is 2. The number of nitrogens with two attached hydrogens (primary N) is 1. The second-order valence-corrected chi connectivity index (χ2v) is 4.96. The Labute approximate surface area is 125 Å². The monoisotopic (exact) mass is 286 g/mol. The maximum Gasteiger partial charge on any atom is 0.226 e. The van der Waals surface area contributed by atoms with E-state index in [1.54, 1.807) is 6.07 Å². The normalized spacial score (nSPS) is 12.0. The van der Waals surface area contributed by atoms with Crippen LogP contribution in [0.2, 0.25) is 0 Å². The third kappa shape index (κ3) is 4.08. The van der Waals surface area contributed by atoms with Crippen LogP contribution in [0.15, 0.2) is 30.3 Å². The van der Waals surface area contributed by atoms with Gasteiger partial charge < -0.3 is 15.8 Å². The third-order valence-electron chi connectivity index (χ3n) is 3.36. The molecule has 0 saturated heterocycles. The van der Waals surface area contributed by atoms with Crippen molar-refractivity contribution in [3.05, 3.63) is 35.9 Å². The minimum Gasteiger partial charge on any atom is -0.439 e. The summed E-state index contributed by atoms with van der Waals surface area (Å²) < 4.78 is 5.74. The van der Waals surface area contributed by atoms with E-state index in [9.17, 15) is 0 Å². The SMILES string of the molecule is CCNc1cc(Oc2ccc(C(C)CC)cc2)nc(N)n1. The Hall–Kier alpha value is -2.30. The van der Waals surface area contributed by atoms with Crippen molar-refractivity contribution < 1.29 is 4.74 Å². The van der Waals surface area contributed by atoms with Gasteiger partial charge in [-0.2, -0.15) is 9.97 Å². The molecule has 0 aliphatic rings. The number of ether oxygens (including phenoxy) is 1. The maximum absolute atomic E-state index is 5.74. The van der Waals surface area contributed by atoms with E-state index in [1.807, 2.05) is 19.1 Å². The summed E-state index contributed by atoms with van der Waals surface area (Å²) in [6, 6.07) is 9.81. The first-order chi connectivity index (χ1) is 10.1. The van der Waals surface area contributed by atoms with Gasteiger partial charge in [0.2, 0.25) is 11.8 Å². The van der Waals surface area contributed by atoms with E-state index in [2.05, 4.69) is 41.3 Å². The Bertz CT molecular complexity index is 583. The van der Waals surface area contributed by atoms with E-state index < -0.39 is 0 Å². The fourth-order valence-corrected chi connectivity index (χ4v) is 1.99. The van der Waals surface area contributed by atoms with E-state index in [4.69, 9.17) is 10.5 Å². The maximum atomic E-state index is 5.74. The van der Waals surface area contributed by atoms with Gasteiger partial charge in [-0.15, -0.1) is 0 Å². The predicted molar refractivity (Wildman–Crippen MR) is 85.8 cm³/mol. The Morgan fingerprint density at radius 1 is 1.19 bits per heavy atom. The van der Waals surface area contributed by atoms with Crippen LogP contribution in [0.3, 0.4) is 0 Å². The fraction of sp³-hybridized carbons (Fsp3) is 0.375. The van der Waals surface area contributed by atoms with Crippen molar-refractivity contribution in [1.82, 2.24) is 9.97 Å². The van der Waals surface area contributed by atoms with Crippen LogP contribution in [-0.4, -0.2) is 16.5 Å². The van der Waals surface area contributed by atoms with Gasteiger partial charge in [-0.25, -0.2) is 0 Å². The van der Waals surface area contributed by atoms with Crippen LogP contribution in [0.1, 0.15) is 38.7 Å². The van der Waals surface area contributed by atoms with Gasteiger partial charge in [0, 0.05) is 12.6 Å². The summed E-state index contributed by atoms with van der Waals surface area (Å²) in [5, 5.41) is 3.10. The first kappa shape index (κ1) is 15.1. The Balaban J connectivity index is 2.14. The molecule has 0 bridgehead atoms. The zero-order valence-electron chi connectivity index (χ0n) is 12.8. The standard InChI is InChI=1S/C16H22N4O/c1-4-11(3)12-6-8-13(9-7-12)21-15-10-14(18-5-2)19-16(17)20-15/h6-11H,4-5H2,1-3H3,(H3,17,18,19,20). The summed E-state index contributed by atoms with van der Waals surface area (Å²) in [4.78, 5) is 8.18. The number of nitrogens with one attached hydrogen (secondary N) is 1. The summed E-state index contributed by atoms with van der Waals surface area (Å²) in [6.45, 7) is 7.15. The lowest BCUT2D eigenvalue weighted by Gasteiger charge is -2.11. The summed E-state index contributed by atoms with van der Waals surface area (Å²) in [5.74, 6) is 2.59. The summed E-state index contributed by atoms with van der Waals surface area (Å²) in [7, 11) is 0. The Morgan fingerprint density at radius 3 is 2.52 bits per heavy atom. The van der Waals surface area contributed by atoms with Gasteiger partial charge in [-0.1, -0.05) is 26.0 Å². The average molecular weight is 286 g/mol. The topological polar surface area (TPSA) is 73.1 Å². The highest BCUT2D eigenvalue weighted by Gasteiger charge is 2.06. The van der Waals surface area contributed by atoms with E-state index in [1.165, 1.54) is 5.56 Å². The molecule has 0 amide bonds. The van der Waals surface area contributed by atoms with Crippen molar-refractivity contribution in [1.29, 1.82) is 0 Å². The predicted octanol–water partition coefficient (Wildman–Crippen LogP) is 3.80. The number of anilines is 2. The van der Waals surface area contributed by atoms with Crippen LogP contribution in [-0.2, 0) is 0 Å². The molecule has 21 heavy (non-hydrogen) atoms. The Kier molecular flexibility index (Phi) is 4.98. The van der Waals surface area contributed by atoms with Gasteiger partial charge in [0.15, 0.2) is 0 Å². The molecular weight excluding hydrogens is 264 g/mol. The number of nitrogens with zero attached hydrogens (tertiary/aromatic N) is 2. The molecule has 112 valence electrons. The quantitative estimate of drug-likeness (QED) is 0.845. The third-order valence-corrected chi connectivity index (χ3v) is 3.36. The molecule has 0 aliphatic heterocycles. The second kappa shape index (κ2) is 6.92. The molecule has 1 heterocycles. The molecule has 0 spiro atoms. The van der Waals surface area contributed by atoms with Gasteiger partial charge in [0.25, 0.3) is 0 Å². The first-order valence-electron chi connectivity index (χ1n) is 7.28. The molecule has 1 aromatic heterocycles. The lowest BCUT2D eigenvalue weighted by Crippen LogP contribution is -2.04. The van der Waals surface area contributed by atoms with Crippen molar-refractivity contribution in [3.8, 4) is 11.6 Å². The molecule has 0 saturated carbocycles. The van der Waals surface area contributed by atoms with E-state index in [0.29, 0.717) is 17.6 Å². The summed E-state index contributed by atoms with van der Waals surface area (Å²) in [5.41, 5.74) is 6.99. The summed E-state index contributed by atoms with van der Waals surface area (Å²) >= 11 is 0. The molecule has 5 heteroatoms. The minimum absolute atomic E-state index is 0.194. The van der Waals surface area contributed by atoms with Crippen molar-refractivity contribution in [2.45, 2.75) is 33.1 Å². The molecule has 3 N–H and O–H groups in total. The highest BCUT2D eigenvalue weighted by Crippen LogP contribution is 2.25. The smallest absolute Gasteiger partial charge is 0.226 e. The van der Waals surface area contributed by atoms with Gasteiger partial charge >= 0.3 is 0 Å². The zero-order valence-corrected chi connectivity index (χ0v) is 12.8. The minimum atomic E-state index is 0.194. The molecule has 2 aromatic rings. The highest BCUT2D eigenvalue weighted by molar-refractivity contribution is 5.44. The first-order valence-corrected chi connectivity index (χ1v) is 7.28. The van der Waals surface area contributed by atoms with Gasteiger partial charge in [-0.05, 0) is 37.0 Å². The average Bonchev–Trinajstić information content (AvgIpc) is 2.47. The van der Waals surface area contributed by atoms with Crippen molar-refractivity contribution in [2.24, 2.45) is 0 Å². The zero-order chi connectivity index (χ0) is 15.2. The molecule has 1 aromatic carbocycles. The van der Waals surface area contributed by atoms with Crippen LogP contribution in [0.25, 0.3) is 0 Å². The van der Waals surface area contributed by atoms with Crippen LogP contribution >= 0.6 is 0 Å². The van der Waals surface area contributed by atoms with E-state index in [0.717, 1.165) is 18.7 Å². The summed E-state index contributed by atoms with van der Waals surface area (Å²) in [6.07, 6.45) is 1.12. The molecular formula is C16H22N4O. The van der Waals surface area contributed by atoms with E-state index >= 15 is 0 Å². The molecule has 1 unspecified atom stereocenters.